The summed E-state index contributed by atoms with van der Waals surface area (Å²) in [7, 11) is 0. The van der Waals surface area contributed by atoms with Crippen molar-refractivity contribution in [3.63, 3.8) is 0 Å². The van der Waals surface area contributed by atoms with Gasteiger partial charge >= 0.3 is 5.97 Å². The second-order valence-corrected chi connectivity index (χ2v) is 8.20. The predicted molar refractivity (Wildman–Crippen MR) is 107 cm³/mol. The molecule has 0 atom stereocenters. The Bertz CT molecular complexity index is 1010. The Morgan fingerprint density at radius 1 is 1.26 bits per heavy atom. The number of nitrogens with zero attached hydrogens (tertiary/aromatic N) is 2. The number of hydrogen-bond donors (Lipinski definition) is 1. The number of aromatic carboxylic acids is 1. The third kappa shape index (κ3) is 3.61. The summed E-state index contributed by atoms with van der Waals surface area (Å²) in [5.74, 6) is 0.205. The highest BCUT2D eigenvalue weighted by Crippen LogP contribution is 2.40. The fourth-order valence-electron chi connectivity index (χ4n) is 3.84. The summed E-state index contributed by atoms with van der Waals surface area (Å²) in [5, 5.41) is 10.8. The molecule has 1 aromatic carbocycles. The number of fused-ring (bicyclic) bond motifs is 1. The standard InChI is InChI=1S/C23H26N2O2/c1-14(2)13-25-15(3)8-18-9-16(4-7-22(18)25)10-21-20(23(26)27)11-19(12-24-21)17-5-6-17/h4,7-9,11-12,14,17H,5-6,10,13H2,1-3H3,(H,26,27). The number of carboxylic acid groups (broad SMARTS) is 1. The van der Waals surface area contributed by atoms with Crippen LogP contribution in [0.3, 0.4) is 0 Å². The first-order valence-corrected chi connectivity index (χ1v) is 9.73. The van der Waals surface area contributed by atoms with Gasteiger partial charge in [0.25, 0.3) is 0 Å². The van der Waals surface area contributed by atoms with Crippen molar-refractivity contribution in [1.29, 1.82) is 0 Å². The molecule has 1 N–H and O–H groups in total. The van der Waals surface area contributed by atoms with Gasteiger partial charge in [-0.1, -0.05) is 19.9 Å². The summed E-state index contributed by atoms with van der Waals surface area (Å²) < 4.78 is 2.36. The lowest BCUT2D eigenvalue weighted by Gasteiger charge is -2.11. The van der Waals surface area contributed by atoms with Gasteiger partial charge in [0.1, 0.15) is 0 Å². The first-order chi connectivity index (χ1) is 12.9. The molecule has 1 aliphatic carbocycles. The average Bonchev–Trinajstić information content (AvgIpc) is 3.41. The third-order valence-electron chi connectivity index (χ3n) is 5.36. The van der Waals surface area contributed by atoms with Crippen molar-refractivity contribution >= 4 is 16.9 Å². The number of carbonyl (C=O) groups is 1. The van der Waals surface area contributed by atoms with Crippen molar-refractivity contribution in [2.24, 2.45) is 5.92 Å². The molecule has 0 saturated heterocycles. The molecule has 4 rings (SSSR count). The lowest BCUT2D eigenvalue weighted by molar-refractivity contribution is 0.0695. The Morgan fingerprint density at radius 2 is 2.04 bits per heavy atom. The van der Waals surface area contributed by atoms with Crippen molar-refractivity contribution in [3.8, 4) is 0 Å². The van der Waals surface area contributed by atoms with E-state index in [0.29, 0.717) is 29.5 Å². The maximum atomic E-state index is 11.7. The zero-order valence-corrected chi connectivity index (χ0v) is 16.2. The molecule has 4 heteroatoms. The van der Waals surface area contributed by atoms with Crippen LogP contribution in [0.2, 0.25) is 0 Å². The average molecular weight is 362 g/mol. The topological polar surface area (TPSA) is 55.1 Å². The van der Waals surface area contributed by atoms with Gasteiger partial charge in [-0.2, -0.15) is 0 Å². The molecule has 2 heterocycles. The van der Waals surface area contributed by atoms with E-state index in [4.69, 9.17) is 0 Å². The van der Waals surface area contributed by atoms with Crippen LogP contribution in [-0.2, 0) is 13.0 Å². The minimum atomic E-state index is -0.889. The quantitative estimate of drug-likeness (QED) is 0.658. The largest absolute Gasteiger partial charge is 0.478 e. The molecule has 0 amide bonds. The maximum absolute atomic E-state index is 11.7. The Kier molecular flexibility index (Phi) is 4.50. The molecule has 0 spiro atoms. The monoisotopic (exact) mass is 362 g/mol. The normalized spacial score (nSPS) is 14.2. The van der Waals surface area contributed by atoms with Gasteiger partial charge in [0.15, 0.2) is 0 Å². The first kappa shape index (κ1) is 17.8. The number of aryl methyl sites for hydroxylation is 1. The first-order valence-electron chi connectivity index (χ1n) is 9.73. The van der Waals surface area contributed by atoms with Gasteiger partial charge in [-0.15, -0.1) is 0 Å². The summed E-state index contributed by atoms with van der Waals surface area (Å²) in [5.41, 5.74) is 5.64. The van der Waals surface area contributed by atoms with Crippen LogP contribution in [0, 0.1) is 12.8 Å². The van der Waals surface area contributed by atoms with E-state index in [2.05, 4.69) is 54.6 Å². The van der Waals surface area contributed by atoms with Crippen molar-refractivity contribution in [2.75, 3.05) is 0 Å². The van der Waals surface area contributed by atoms with Gasteiger partial charge in [0.05, 0.1) is 11.3 Å². The molecular weight excluding hydrogens is 336 g/mol. The van der Waals surface area contributed by atoms with E-state index in [1.54, 1.807) is 0 Å². The zero-order chi connectivity index (χ0) is 19.1. The van der Waals surface area contributed by atoms with Gasteiger partial charge in [-0.3, -0.25) is 4.98 Å². The van der Waals surface area contributed by atoms with Crippen LogP contribution in [0.4, 0.5) is 0 Å². The lowest BCUT2D eigenvalue weighted by Crippen LogP contribution is -2.07. The molecule has 0 bridgehead atoms. The van der Waals surface area contributed by atoms with Crippen LogP contribution in [0.5, 0.6) is 0 Å². The highest BCUT2D eigenvalue weighted by Gasteiger charge is 2.25. The van der Waals surface area contributed by atoms with Crippen molar-refractivity contribution in [1.82, 2.24) is 9.55 Å². The molecule has 1 aliphatic rings. The number of benzene rings is 1. The number of hydrogen-bond acceptors (Lipinski definition) is 2. The molecule has 140 valence electrons. The molecule has 3 aromatic rings. The molecule has 0 unspecified atom stereocenters. The van der Waals surface area contributed by atoms with Crippen molar-refractivity contribution in [3.05, 3.63) is 64.6 Å². The van der Waals surface area contributed by atoms with Crippen molar-refractivity contribution in [2.45, 2.75) is 52.5 Å². The van der Waals surface area contributed by atoms with E-state index in [1.807, 2.05) is 12.3 Å². The van der Waals surface area contributed by atoms with Crippen LogP contribution in [0.25, 0.3) is 10.9 Å². The summed E-state index contributed by atoms with van der Waals surface area (Å²) >= 11 is 0. The minimum Gasteiger partial charge on any atom is -0.478 e. The summed E-state index contributed by atoms with van der Waals surface area (Å²) in [6.45, 7) is 7.60. The lowest BCUT2D eigenvalue weighted by atomic mass is 10.0. The molecule has 2 aromatic heterocycles. The van der Waals surface area contributed by atoms with E-state index in [9.17, 15) is 9.90 Å². The van der Waals surface area contributed by atoms with Crippen molar-refractivity contribution < 1.29 is 9.90 Å². The van der Waals surface area contributed by atoms with Crippen LogP contribution in [-0.4, -0.2) is 20.6 Å². The number of carboxylic acids is 1. The van der Waals surface area contributed by atoms with Crippen LogP contribution < -0.4 is 0 Å². The predicted octanol–water partition coefficient (Wildman–Crippen LogP) is 5.17. The summed E-state index contributed by atoms with van der Waals surface area (Å²) in [6, 6.07) is 10.5. The number of rotatable bonds is 6. The Morgan fingerprint density at radius 3 is 2.70 bits per heavy atom. The number of pyridine rings is 1. The fraction of sp³-hybridized carbons (Fsp3) is 0.391. The zero-order valence-electron chi connectivity index (χ0n) is 16.2. The van der Waals surface area contributed by atoms with E-state index < -0.39 is 5.97 Å². The Labute approximate surface area is 159 Å². The Balaban J connectivity index is 1.66. The van der Waals surface area contributed by atoms with Gasteiger partial charge in [0, 0.05) is 35.8 Å². The molecule has 0 aliphatic heterocycles. The minimum absolute atomic E-state index is 0.341. The van der Waals surface area contributed by atoms with Crippen LogP contribution in [0.15, 0.2) is 36.5 Å². The molecule has 27 heavy (non-hydrogen) atoms. The molecule has 4 nitrogen and oxygen atoms in total. The maximum Gasteiger partial charge on any atom is 0.337 e. The van der Waals surface area contributed by atoms with Gasteiger partial charge in [0.2, 0.25) is 0 Å². The molecule has 1 saturated carbocycles. The summed E-state index contributed by atoms with van der Waals surface area (Å²) in [6.07, 6.45) is 4.69. The van der Waals surface area contributed by atoms with E-state index in [1.165, 1.54) is 16.6 Å². The second kappa shape index (κ2) is 6.84. The van der Waals surface area contributed by atoms with E-state index >= 15 is 0 Å². The smallest absolute Gasteiger partial charge is 0.337 e. The highest BCUT2D eigenvalue weighted by atomic mass is 16.4. The molecular formula is C23H26N2O2. The third-order valence-corrected chi connectivity index (χ3v) is 5.36. The SMILES string of the molecule is Cc1cc2cc(Cc3ncc(C4CC4)cc3C(=O)O)ccc2n1CC(C)C. The van der Waals surface area contributed by atoms with Gasteiger partial charge in [-0.05, 0) is 67.0 Å². The van der Waals surface area contributed by atoms with Crippen LogP contribution >= 0.6 is 0 Å². The van der Waals surface area contributed by atoms with E-state index in [0.717, 1.165) is 30.5 Å². The van der Waals surface area contributed by atoms with Gasteiger partial charge < -0.3 is 9.67 Å². The Hall–Kier alpha value is -2.62. The highest BCUT2D eigenvalue weighted by molar-refractivity contribution is 5.89. The van der Waals surface area contributed by atoms with Gasteiger partial charge in [-0.25, -0.2) is 4.79 Å². The molecule has 1 fully saturated rings. The van der Waals surface area contributed by atoms with E-state index in [-0.39, 0.29) is 0 Å². The van der Waals surface area contributed by atoms with Crippen LogP contribution in [0.1, 0.15) is 65.5 Å². The fourth-order valence-corrected chi connectivity index (χ4v) is 3.84. The number of aromatic nitrogens is 2. The summed E-state index contributed by atoms with van der Waals surface area (Å²) in [4.78, 5) is 16.2. The second-order valence-electron chi connectivity index (χ2n) is 8.20. The molecule has 0 radical (unpaired) electrons.